The molecule has 20 heavy (non-hydrogen) atoms. The molecule has 4 N–H and O–H groups in total. The fraction of sp³-hybridized carbons (Fsp3) is 0.357. The maximum absolute atomic E-state index is 12.1. The van der Waals surface area contributed by atoms with Crippen molar-refractivity contribution in [2.24, 2.45) is 0 Å². The molecule has 6 heteroatoms. The molecule has 0 spiro atoms. The molecule has 0 saturated heterocycles. The smallest absolute Gasteiger partial charge is 0.274 e. The van der Waals surface area contributed by atoms with Gasteiger partial charge in [0.25, 0.3) is 5.91 Å². The van der Waals surface area contributed by atoms with Crippen molar-refractivity contribution in [3.63, 3.8) is 0 Å². The van der Waals surface area contributed by atoms with Crippen molar-refractivity contribution in [1.29, 1.82) is 0 Å². The van der Waals surface area contributed by atoms with Crippen molar-refractivity contribution in [2.45, 2.75) is 33.2 Å². The van der Waals surface area contributed by atoms with Crippen molar-refractivity contribution < 1.29 is 4.79 Å². The average Bonchev–Trinajstić information content (AvgIpc) is 2.80. The highest BCUT2D eigenvalue weighted by atomic mass is 16.1. The van der Waals surface area contributed by atoms with E-state index >= 15 is 0 Å². The quantitative estimate of drug-likeness (QED) is 0.770. The number of pyridine rings is 1. The van der Waals surface area contributed by atoms with E-state index in [2.05, 4.69) is 20.5 Å². The molecule has 0 aliphatic rings. The lowest BCUT2D eigenvalue weighted by atomic mass is 10.2. The minimum Gasteiger partial charge on any atom is -0.395 e. The maximum atomic E-state index is 12.1. The second-order valence-corrected chi connectivity index (χ2v) is 4.66. The number of amides is 1. The van der Waals surface area contributed by atoms with Crippen molar-refractivity contribution >= 4 is 11.6 Å². The van der Waals surface area contributed by atoms with E-state index in [0.717, 1.165) is 29.8 Å². The summed E-state index contributed by atoms with van der Waals surface area (Å²) in [6.45, 7) is 4.36. The van der Waals surface area contributed by atoms with E-state index in [-0.39, 0.29) is 11.6 Å². The fourth-order valence-electron chi connectivity index (χ4n) is 1.95. The maximum Gasteiger partial charge on any atom is 0.274 e. The Morgan fingerprint density at radius 1 is 1.50 bits per heavy atom. The molecule has 2 aromatic heterocycles. The number of rotatable bonds is 5. The van der Waals surface area contributed by atoms with Crippen molar-refractivity contribution in [3.05, 3.63) is 41.0 Å². The number of carbonyl (C=O) groups excluding carboxylic acids is 1. The highest BCUT2D eigenvalue weighted by Crippen LogP contribution is 2.15. The second kappa shape index (κ2) is 6.18. The van der Waals surface area contributed by atoms with Crippen LogP contribution in [0.3, 0.4) is 0 Å². The summed E-state index contributed by atoms with van der Waals surface area (Å²) in [7, 11) is 0. The minimum atomic E-state index is -0.286. The lowest BCUT2D eigenvalue weighted by Gasteiger charge is -2.06. The number of hydrogen-bond acceptors (Lipinski definition) is 4. The summed E-state index contributed by atoms with van der Waals surface area (Å²) in [6.07, 6.45) is 3.43. The highest BCUT2D eigenvalue weighted by Gasteiger charge is 2.16. The van der Waals surface area contributed by atoms with Gasteiger partial charge in [-0.1, -0.05) is 19.4 Å². The molecule has 0 bridgehead atoms. The van der Waals surface area contributed by atoms with Gasteiger partial charge in [-0.15, -0.1) is 0 Å². The molecule has 2 aromatic rings. The Balaban J connectivity index is 2.04. The Morgan fingerprint density at radius 3 is 3.00 bits per heavy atom. The summed E-state index contributed by atoms with van der Waals surface area (Å²) in [5.41, 5.74) is 9.29. The van der Waals surface area contributed by atoms with E-state index in [4.69, 9.17) is 5.73 Å². The second-order valence-electron chi connectivity index (χ2n) is 4.66. The molecule has 0 fully saturated rings. The van der Waals surface area contributed by atoms with Gasteiger partial charge < -0.3 is 11.1 Å². The van der Waals surface area contributed by atoms with Gasteiger partial charge in [0.2, 0.25) is 0 Å². The lowest BCUT2D eigenvalue weighted by molar-refractivity contribution is 0.0946. The van der Waals surface area contributed by atoms with Crippen molar-refractivity contribution in [1.82, 2.24) is 20.5 Å². The van der Waals surface area contributed by atoms with Gasteiger partial charge in [0, 0.05) is 6.20 Å². The van der Waals surface area contributed by atoms with Gasteiger partial charge >= 0.3 is 0 Å². The molecule has 0 aliphatic heterocycles. The summed E-state index contributed by atoms with van der Waals surface area (Å²) in [6, 6.07) is 3.82. The van der Waals surface area contributed by atoms with Crippen LogP contribution in [0, 0.1) is 6.92 Å². The van der Waals surface area contributed by atoms with E-state index in [0.29, 0.717) is 12.2 Å². The number of H-pyrrole nitrogens is 1. The zero-order valence-corrected chi connectivity index (χ0v) is 11.7. The van der Waals surface area contributed by atoms with Gasteiger partial charge in [-0.25, -0.2) is 0 Å². The SMILES string of the molecule is CCCc1[nH]nc(C(=O)NCc2ncccc2C)c1N. The molecule has 106 valence electrons. The summed E-state index contributed by atoms with van der Waals surface area (Å²) in [5, 5.41) is 9.59. The number of aromatic nitrogens is 3. The van der Waals surface area contributed by atoms with Crippen LogP contribution < -0.4 is 11.1 Å². The standard InChI is InChI=1S/C14H19N5O/c1-3-5-10-12(15)13(19-18-10)14(20)17-8-11-9(2)6-4-7-16-11/h4,6-7H,3,5,8,15H2,1-2H3,(H,17,20)(H,18,19). The number of aromatic amines is 1. The number of carbonyl (C=O) groups is 1. The van der Waals surface area contributed by atoms with E-state index in [1.165, 1.54) is 0 Å². The molecule has 0 aliphatic carbocycles. The molecular weight excluding hydrogens is 254 g/mol. The van der Waals surface area contributed by atoms with Crippen LogP contribution in [0.25, 0.3) is 0 Å². The highest BCUT2D eigenvalue weighted by molar-refractivity contribution is 5.97. The molecule has 1 amide bonds. The average molecular weight is 273 g/mol. The molecule has 0 radical (unpaired) electrons. The number of nitrogens with zero attached hydrogens (tertiary/aromatic N) is 2. The van der Waals surface area contributed by atoms with Crippen LogP contribution in [0.2, 0.25) is 0 Å². The van der Waals surface area contributed by atoms with E-state index in [1.807, 2.05) is 26.0 Å². The summed E-state index contributed by atoms with van der Waals surface area (Å²) in [5.74, 6) is -0.286. The van der Waals surface area contributed by atoms with Gasteiger partial charge in [0.15, 0.2) is 5.69 Å². The fourth-order valence-corrected chi connectivity index (χ4v) is 1.95. The number of hydrogen-bond donors (Lipinski definition) is 3. The van der Waals surface area contributed by atoms with Crippen LogP contribution in [0.4, 0.5) is 5.69 Å². The van der Waals surface area contributed by atoms with E-state index in [9.17, 15) is 4.79 Å². The third-order valence-corrected chi connectivity index (χ3v) is 3.13. The zero-order valence-electron chi connectivity index (χ0n) is 11.7. The summed E-state index contributed by atoms with van der Waals surface area (Å²) < 4.78 is 0. The first-order valence-electron chi connectivity index (χ1n) is 6.64. The first kappa shape index (κ1) is 14.0. The first-order valence-corrected chi connectivity index (χ1v) is 6.64. The molecule has 2 heterocycles. The number of aryl methyl sites for hydroxylation is 2. The minimum absolute atomic E-state index is 0.252. The van der Waals surface area contributed by atoms with Gasteiger partial charge in [0.1, 0.15) is 0 Å². The van der Waals surface area contributed by atoms with Crippen LogP contribution >= 0.6 is 0 Å². The number of anilines is 1. The van der Waals surface area contributed by atoms with Crippen LogP contribution in [-0.2, 0) is 13.0 Å². The Labute approximate surface area is 117 Å². The molecule has 0 atom stereocenters. The number of nitrogens with one attached hydrogen (secondary N) is 2. The molecule has 0 saturated carbocycles. The zero-order chi connectivity index (χ0) is 14.5. The van der Waals surface area contributed by atoms with E-state index < -0.39 is 0 Å². The summed E-state index contributed by atoms with van der Waals surface area (Å²) >= 11 is 0. The van der Waals surface area contributed by atoms with Crippen LogP contribution in [0.1, 0.15) is 40.8 Å². The molecular formula is C14H19N5O. The normalized spacial score (nSPS) is 10.5. The van der Waals surface area contributed by atoms with Gasteiger partial charge in [-0.2, -0.15) is 5.10 Å². The predicted molar refractivity (Wildman–Crippen MR) is 77.1 cm³/mol. The predicted octanol–water partition coefficient (Wildman–Crippen LogP) is 1.58. The molecule has 6 nitrogen and oxygen atoms in total. The Kier molecular flexibility index (Phi) is 4.34. The molecule has 2 rings (SSSR count). The number of nitrogens with two attached hydrogens (primary N) is 1. The molecule has 0 aromatic carbocycles. The Morgan fingerprint density at radius 2 is 2.30 bits per heavy atom. The van der Waals surface area contributed by atoms with Crippen LogP contribution in [0.15, 0.2) is 18.3 Å². The van der Waals surface area contributed by atoms with Gasteiger partial charge in [-0.3, -0.25) is 14.9 Å². The number of nitrogen functional groups attached to an aromatic ring is 1. The van der Waals surface area contributed by atoms with Crippen molar-refractivity contribution in [2.75, 3.05) is 5.73 Å². The third kappa shape index (κ3) is 2.96. The van der Waals surface area contributed by atoms with Gasteiger partial charge in [-0.05, 0) is 25.0 Å². The Bertz CT molecular complexity index is 605. The Hall–Kier alpha value is -2.37. The van der Waals surface area contributed by atoms with Gasteiger partial charge in [0.05, 0.1) is 23.6 Å². The molecule has 0 unspecified atom stereocenters. The van der Waals surface area contributed by atoms with E-state index in [1.54, 1.807) is 6.20 Å². The summed E-state index contributed by atoms with van der Waals surface area (Å²) in [4.78, 5) is 16.3. The monoisotopic (exact) mass is 273 g/mol. The topological polar surface area (TPSA) is 96.7 Å². The third-order valence-electron chi connectivity index (χ3n) is 3.13. The van der Waals surface area contributed by atoms with Crippen molar-refractivity contribution in [3.8, 4) is 0 Å². The largest absolute Gasteiger partial charge is 0.395 e. The first-order chi connectivity index (χ1) is 9.63. The van der Waals surface area contributed by atoms with Crippen LogP contribution in [0.5, 0.6) is 0 Å². The lowest BCUT2D eigenvalue weighted by Crippen LogP contribution is -2.25. The van der Waals surface area contributed by atoms with Crippen LogP contribution in [-0.4, -0.2) is 21.1 Å².